The summed E-state index contributed by atoms with van der Waals surface area (Å²) in [6.07, 6.45) is 1.71. The Morgan fingerprint density at radius 2 is 2.12 bits per heavy atom. The minimum Gasteiger partial charge on any atom is -0.497 e. The van der Waals surface area contributed by atoms with E-state index in [9.17, 15) is 0 Å². The zero-order chi connectivity index (χ0) is 11.1. The summed E-state index contributed by atoms with van der Waals surface area (Å²) in [5.74, 6) is 1.65. The Hall–Kier alpha value is -2.17. The number of ether oxygens (including phenoxy) is 1. The smallest absolute Gasteiger partial charge is 0.179 e. The van der Waals surface area contributed by atoms with Crippen molar-refractivity contribution in [2.75, 3.05) is 7.11 Å². The average Bonchev–Trinajstić information content (AvgIpc) is 2.70. The molecule has 0 saturated heterocycles. The molecule has 1 aromatic carbocycles. The zero-order valence-corrected chi connectivity index (χ0v) is 9.01. The summed E-state index contributed by atoms with van der Waals surface area (Å²) in [6, 6.07) is 5.77. The zero-order valence-electron chi connectivity index (χ0n) is 9.01. The summed E-state index contributed by atoms with van der Waals surface area (Å²) >= 11 is 0. The summed E-state index contributed by atoms with van der Waals surface area (Å²) in [5, 5.41) is 8.06. The van der Waals surface area contributed by atoms with Crippen LogP contribution in [0.4, 0.5) is 0 Å². The maximum absolute atomic E-state index is 5.17. The van der Waals surface area contributed by atoms with Gasteiger partial charge in [0.15, 0.2) is 5.65 Å². The van der Waals surface area contributed by atoms with Crippen molar-refractivity contribution >= 4 is 16.7 Å². The Morgan fingerprint density at radius 1 is 1.25 bits per heavy atom. The molecule has 0 aliphatic rings. The summed E-state index contributed by atoms with van der Waals surface area (Å²) in [4.78, 5) is 4.33. The molecule has 0 aliphatic carbocycles. The molecule has 5 heteroatoms. The molecule has 2 heterocycles. The molecule has 0 atom stereocenters. The van der Waals surface area contributed by atoms with Crippen molar-refractivity contribution in [1.82, 2.24) is 19.6 Å². The fraction of sp³-hybridized carbons (Fsp3) is 0.182. The van der Waals surface area contributed by atoms with E-state index in [2.05, 4.69) is 15.2 Å². The second kappa shape index (κ2) is 3.16. The molecule has 0 N–H and O–H groups in total. The molecule has 3 aromatic rings. The van der Waals surface area contributed by atoms with Gasteiger partial charge in [0.05, 0.1) is 24.3 Å². The van der Waals surface area contributed by atoms with Crippen LogP contribution in [0.1, 0.15) is 5.82 Å². The van der Waals surface area contributed by atoms with Gasteiger partial charge in [-0.15, -0.1) is 10.2 Å². The lowest BCUT2D eigenvalue weighted by molar-refractivity contribution is 0.415. The van der Waals surface area contributed by atoms with Crippen LogP contribution in [-0.2, 0) is 0 Å². The first kappa shape index (κ1) is 9.08. The maximum atomic E-state index is 5.17. The molecule has 0 unspecified atom stereocenters. The number of fused-ring (bicyclic) bond motifs is 3. The van der Waals surface area contributed by atoms with E-state index < -0.39 is 0 Å². The van der Waals surface area contributed by atoms with Crippen molar-refractivity contribution in [3.8, 4) is 5.75 Å². The highest BCUT2D eigenvalue weighted by molar-refractivity contribution is 5.79. The van der Waals surface area contributed by atoms with Gasteiger partial charge >= 0.3 is 0 Å². The normalized spacial score (nSPS) is 11.1. The van der Waals surface area contributed by atoms with Gasteiger partial charge in [0.25, 0.3) is 0 Å². The van der Waals surface area contributed by atoms with Gasteiger partial charge in [-0.05, 0) is 19.1 Å². The van der Waals surface area contributed by atoms with Crippen LogP contribution in [0.2, 0.25) is 0 Å². The Labute approximate surface area is 91.7 Å². The van der Waals surface area contributed by atoms with E-state index in [1.54, 1.807) is 13.3 Å². The molecule has 16 heavy (non-hydrogen) atoms. The second-order valence-electron chi connectivity index (χ2n) is 3.55. The predicted octanol–water partition coefficient (Wildman–Crippen LogP) is 1.59. The number of benzene rings is 1. The molecule has 0 fully saturated rings. The van der Waals surface area contributed by atoms with Crippen LogP contribution in [0.15, 0.2) is 24.4 Å². The van der Waals surface area contributed by atoms with Crippen LogP contribution < -0.4 is 4.74 Å². The third-order valence-electron chi connectivity index (χ3n) is 2.59. The van der Waals surface area contributed by atoms with Gasteiger partial charge in [0, 0.05) is 6.07 Å². The molecule has 0 radical (unpaired) electrons. The molecular weight excluding hydrogens is 204 g/mol. The largest absolute Gasteiger partial charge is 0.497 e. The Morgan fingerprint density at radius 3 is 2.94 bits per heavy atom. The fourth-order valence-corrected chi connectivity index (χ4v) is 1.81. The number of methoxy groups -OCH3 is 1. The molecule has 2 aromatic heterocycles. The second-order valence-corrected chi connectivity index (χ2v) is 3.55. The van der Waals surface area contributed by atoms with E-state index in [1.165, 1.54) is 0 Å². The average molecular weight is 214 g/mol. The van der Waals surface area contributed by atoms with E-state index in [4.69, 9.17) is 4.74 Å². The molecule has 5 nitrogen and oxygen atoms in total. The molecule has 0 saturated carbocycles. The first-order chi connectivity index (χ1) is 7.79. The standard InChI is InChI=1S/C11H10N4O/c1-7-13-14-11-6-12-9-5-8(16-2)3-4-10(9)15(7)11/h3-6H,1-2H3. The van der Waals surface area contributed by atoms with Gasteiger partial charge in [0.2, 0.25) is 0 Å². The fourth-order valence-electron chi connectivity index (χ4n) is 1.81. The third kappa shape index (κ3) is 1.14. The first-order valence-corrected chi connectivity index (χ1v) is 4.94. The third-order valence-corrected chi connectivity index (χ3v) is 2.59. The van der Waals surface area contributed by atoms with Crippen LogP contribution >= 0.6 is 0 Å². The van der Waals surface area contributed by atoms with Crippen molar-refractivity contribution in [3.05, 3.63) is 30.2 Å². The molecule has 0 bridgehead atoms. The maximum Gasteiger partial charge on any atom is 0.179 e. The number of aryl methyl sites for hydroxylation is 1. The monoisotopic (exact) mass is 214 g/mol. The minimum absolute atomic E-state index is 0.759. The summed E-state index contributed by atoms with van der Waals surface area (Å²) in [5.41, 5.74) is 2.62. The molecule has 80 valence electrons. The minimum atomic E-state index is 0.759. The number of hydrogen-bond donors (Lipinski definition) is 0. The quantitative estimate of drug-likeness (QED) is 0.617. The van der Waals surface area contributed by atoms with Crippen LogP contribution in [-0.4, -0.2) is 26.7 Å². The molecule has 0 amide bonds. The highest BCUT2D eigenvalue weighted by Crippen LogP contribution is 2.20. The van der Waals surface area contributed by atoms with Crippen LogP contribution in [0.3, 0.4) is 0 Å². The number of nitrogens with zero attached hydrogens (tertiary/aromatic N) is 4. The van der Waals surface area contributed by atoms with Crippen LogP contribution in [0, 0.1) is 6.92 Å². The number of hydrogen-bond acceptors (Lipinski definition) is 4. The van der Waals surface area contributed by atoms with Crippen molar-refractivity contribution in [2.45, 2.75) is 6.92 Å². The summed E-state index contributed by atoms with van der Waals surface area (Å²) in [7, 11) is 1.64. The summed E-state index contributed by atoms with van der Waals surface area (Å²) in [6.45, 7) is 1.92. The lowest BCUT2D eigenvalue weighted by Gasteiger charge is -2.04. The van der Waals surface area contributed by atoms with E-state index in [-0.39, 0.29) is 0 Å². The molecule has 3 rings (SSSR count). The summed E-state index contributed by atoms with van der Waals surface area (Å²) < 4.78 is 7.14. The van der Waals surface area contributed by atoms with Crippen molar-refractivity contribution in [1.29, 1.82) is 0 Å². The van der Waals surface area contributed by atoms with Crippen LogP contribution in [0.25, 0.3) is 16.7 Å². The Kier molecular flexibility index (Phi) is 1.80. The van der Waals surface area contributed by atoms with Crippen LogP contribution in [0.5, 0.6) is 5.75 Å². The van der Waals surface area contributed by atoms with E-state index in [0.717, 1.165) is 28.3 Å². The number of rotatable bonds is 1. The topological polar surface area (TPSA) is 52.3 Å². The number of aromatic nitrogens is 4. The van der Waals surface area contributed by atoms with Crippen molar-refractivity contribution in [3.63, 3.8) is 0 Å². The lowest BCUT2D eigenvalue weighted by atomic mass is 10.3. The molecular formula is C11H10N4O. The highest BCUT2D eigenvalue weighted by Gasteiger charge is 2.06. The Balaban J connectivity index is 2.46. The SMILES string of the molecule is COc1ccc2c(c1)ncc1nnc(C)n12. The molecule has 0 aliphatic heterocycles. The van der Waals surface area contributed by atoms with E-state index in [1.807, 2.05) is 29.5 Å². The van der Waals surface area contributed by atoms with Gasteiger partial charge in [-0.2, -0.15) is 0 Å². The van der Waals surface area contributed by atoms with E-state index in [0.29, 0.717) is 0 Å². The van der Waals surface area contributed by atoms with Crippen molar-refractivity contribution in [2.24, 2.45) is 0 Å². The lowest BCUT2D eigenvalue weighted by Crippen LogP contribution is -1.93. The van der Waals surface area contributed by atoms with Gasteiger partial charge in [-0.3, -0.25) is 9.38 Å². The van der Waals surface area contributed by atoms with Crippen molar-refractivity contribution < 1.29 is 4.74 Å². The van der Waals surface area contributed by atoms with Gasteiger partial charge in [-0.1, -0.05) is 0 Å². The Bertz CT molecular complexity index is 674. The van der Waals surface area contributed by atoms with E-state index >= 15 is 0 Å². The first-order valence-electron chi connectivity index (χ1n) is 4.94. The van der Waals surface area contributed by atoms with Gasteiger partial charge in [-0.25, -0.2) is 0 Å². The van der Waals surface area contributed by atoms with Gasteiger partial charge in [0.1, 0.15) is 11.6 Å². The molecule has 0 spiro atoms. The predicted molar refractivity (Wildman–Crippen MR) is 59.6 cm³/mol. The van der Waals surface area contributed by atoms with Gasteiger partial charge < -0.3 is 4.74 Å². The highest BCUT2D eigenvalue weighted by atomic mass is 16.5.